The van der Waals surface area contributed by atoms with Crippen LogP contribution in [-0.4, -0.2) is 26.3 Å². The van der Waals surface area contributed by atoms with Gasteiger partial charge in [-0.15, -0.1) is 0 Å². The molecule has 0 fully saturated rings. The second kappa shape index (κ2) is 4.20. The van der Waals surface area contributed by atoms with Gasteiger partial charge in [-0.1, -0.05) is 0 Å². The van der Waals surface area contributed by atoms with Gasteiger partial charge in [-0.25, -0.2) is 0 Å². The third-order valence-electron chi connectivity index (χ3n) is 2.54. The summed E-state index contributed by atoms with van der Waals surface area (Å²) >= 11 is -2.06. The number of anilines is 1. The molecule has 82 valence electrons. The highest BCUT2D eigenvalue weighted by atomic mass is 32.2. The lowest BCUT2D eigenvalue weighted by atomic mass is 10.0. The first kappa shape index (κ1) is 10.4. The molecule has 0 bridgehead atoms. The Balaban J connectivity index is 2.30. The van der Waals surface area contributed by atoms with E-state index in [9.17, 15) is 13.9 Å². The molecule has 5 heteroatoms. The zero-order valence-corrected chi connectivity index (χ0v) is 9.00. The van der Waals surface area contributed by atoms with Gasteiger partial charge in [-0.05, 0) is 47.7 Å². The van der Waals surface area contributed by atoms with E-state index in [1.165, 1.54) is 0 Å². The number of fused-ring (bicyclic) bond motifs is 1. The monoisotopic (exact) mass is 226 g/mol. The Morgan fingerprint density at radius 3 is 3.07 bits per heavy atom. The standard InChI is InChI=1S/C10H13NO3S/c12-9-3-4-10-8(6-9)2-1-5-11(10)7-15(13)14/h3-4,6,12H,1-2,5,7H2,(H,13,14)/p-1. The molecular weight excluding hydrogens is 214 g/mol. The van der Waals surface area contributed by atoms with Crippen LogP contribution in [0.2, 0.25) is 0 Å². The van der Waals surface area contributed by atoms with Crippen molar-refractivity contribution in [3.05, 3.63) is 23.8 Å². The molecule has 1 N–H and O–H groups in total. The Labute approximate surface area is 90.8 Å². The summed E-state index contributed by atoms with van der Waals surface area (Å²) < 4.78 is 21.3. The lowest BCUT2D eigenvalue weighted by molar-refractivity contribution is 0.474. The van der Waals surface area contributed by atoms with Crippen LogP contribution in [0, 0.1) is 0 Å². The summed E-state index contributed by atoms with van der Waals surface area (Å²) in [5.41, 5.74) is 1.94. The third kappa shape index (κ3) is 2.30. The average Bonchev–Trinajstić information content (AvgIpc) is 2.16. The number of hydrogen-bond donors (Lipinski definition) is 1. The predicted octanol–water partition coefficient (Wildman–Crippen LogP) is 0.981. The maximum Gasteiger partial charge on any atom is 0.116 e. The molecule has 1 aliphatic rings. The molecule has 1 aromatic rings. The minimum Gasteiger partial charge on any atom is -0.771 e. The highest BCUT2D eigenvalue weighted by Crippen LogP contribution is 2.29. The van der Waals surface area contributed by atoms with Crippen LogP contribution in [0.3, 0.4) is 0 Å². The quantitative estimate of drug-likeness (QED) is 0.763. The molecule has 0 spiro atoms. The van der Waals surface area contributed by atoms with E-state index in [1.54, 1.807) is 18.2 Å². The first-order valence-corrected chi connectivity index (χ1v) is 6.04. The number of phenolic OH excluding ortho intramolecular Hbond substituents is 1. The summed E-state index contributed by atoms with van der Waals surface area (Å²) in [5, 5.41) is 9.32. The van der Waals surface area contributed by atoms with E-state index in [0.717, 1.165) is 30.6 Å². The predicted molar refractivity (Wildman–Crippen MR) is 57.6 cm³/mol. The summed E-state index contributed by atoms with van der Waals surface area (Å²) in [7, 11) is 0. The molecule has 0 aromatic heterocycles. The van der Waals surface area contributed by atoms with Gasteiger partial charge in [-0.3, -0.25) is 4.21 Å². The van der Waals surface area contributed by atoms with Crippen molar-refractivity contribution >= 4 is 16.8 Å². The van der Waals surface area contributed by atoms with Gasteiger partial charge in [0.1, 0.15) is 5.75 Å². The molecule has 4 nitrogen and oxygen atoms in total. The van der Waals surface area contributed by atoms with E-state index in [0.29, 0.717) is 0 Å². The van der Waals surface area contributed by atoms with E-state index < -0.39 is 11.1 Å². The molecule has 1 heterocycles. The van der Waals surface area contributed by atoms with Crippen LogP contribution in [0.15, 0.2) is 18.2 Å². The molecule has 1 aliphatic heterocycles. The average molecular weight is 226 g/mol. The zero-order valence-electron chi connectivity index (χ0n) is 8.18. The number of aromatic hydroxyl groups is 1. The largest absolute Gasteiger partial charge is 0.771 e. The van der Waals surface area contributed by atoms with Crippen molar-refractivity contribution in [2.24, 2.45) is 0 Å². The molecule has 1 unspecified atom stereocenters. The molecule has 0 amide bonds. The molecule has 1 atom stereocenters. The highest BCUT2D eigenvalue weighted by molar-refractivity contribution is 7.79. The normalized spacial score (nSPS) is 17.3. The zero-order chi connectivity index (χ0) is 10.8. The topological polar surface area (TPSA) is 63.6 Å². The van der Waals surface area contributed by atoms with Crippen LogP contribution in [0.1, 0.15) is 12.0 Å². The van der Waals surface area contributed by atoms with Crippen molar-refractivity contribution < 1.29 is 13.9 Å². The van der Waals surface area contributed by atoms with Crippen molar-refractivity contribution in [2.75, 3.05) is 17.3 Å². The minimum absolute atomic E-state index is 0.0256. The van der Waals surface area contributed by atoms with E-state index in [1.807, 2.05) is 4.90 Å². The fourth-order valence-corrected chi connectivity index (χ4v) is 2.45. The first-order chi connectivity index (χ1) is 7.16. The number of aryl methyl sites for hydroxylation is 1. The minimum atomic E-state index is -2.06. The lowest BCUT2D eigenvalue weighted by Crippen LogP contribution is -2.32. The number of phenols is 1. The smallest absolute Gasteiger partial charge is 0.116 e. The van der Waals surface area contributed by atoms with Gasteiger partial charge >= 0.3 is 0 Å². The summed E-state index contributed by atoms with van der Waals surface area (Å²) in [4.78, 5) is 1.82. The Hall–Kier alpha value is -1.07. The number of rotatable bonds is 2. The molecule has 0 saturated heterocycles. The number of benzene rings is 1. The van der Waals surface area contributed by atoms with Crippen LogP contribution in [0.4, 0.5) is 5.69 Å². The number of hydrogen-bond acceptors (Lipinski definition) is 4. The molecular formula is C10H12NO3S-. The SMILES string of the molecule is O=S([O-])CN1CCCc2cc(O)ccc21. The van der Waals surface area contributed by atoms with E-state index >= 15 is 0 Å². The van der Waals surface area contributed by atoms with Gasteiger partial charge in [-0.2, -0.15) is 0 Å². The van der Waals surface area contributed by atoms with Crippen molar-refractivity contribution in [3.8, 4) is 5.75 Å². The third-order valence-corrected chi connectivity index (χ3v) is 3.06. The Morgan fingerprint density at radius 1 is 1.53 bits per heavy atom. The van der Waals surface area contributed by atoms with E-state index in [4.69, 9.17) is 0 Å². The maximum absolute atomic E-state index is 10.7. The van der Waals surface area contributed by atoms with Crippen molar-refractivity contribution in [3.63, 3.8) is 0 Å². The fraction of sp³-hybridized carbons (Fsp3) is 0.400. The molecule has 2 rings (SSSR count). The van der Waals surface area contributed by atoms with Crippen molar-refractivity contribution in [2.45, 2.75) is 12.8 Å². The molecule has 15 heavy (non-hydrogen) atoms. The van der Waals surface area contributed by atoms with Gasteiger partial charge in [0.15, 0.2) is 0 Å². The summed E-state index contributed by atoms with van der Waals surface area (Å²) in [5.74, 6) is 0.261. The first-order valence-electron chi connectivity index (χ1n) is 4.79. The van der Waals surface area contributed by atoms with Crippen molar-refractivity contribution in [1.29, 1.82) is 0 Å². The summed E-state index contributed by atoms with van der Waals surface area (Å²) in [6, 6.07) is 5.07. The number of nitrogens with zero attached hydrogens (tertiary/aromatic N) is 1. The van der Waals surface area contributed by atoms with Crippen molar-refractivity contribution in [1.82, 2.24) is 0 Å². The Morgan fingerprint density at radius 2 is 2.33 bits per heavy atom. The van der Waals surface area contributed by atoms with E-state index in [-0.39, 0.29) is 11.6 Å². The second-order valence-corrected chi connectivity index (χ2v) is 4.48. The molecule has 0 radical (unpaired) electrons. The second-order valence-electron chi connectivity index (χ2n) is 3.61. The Bertz CT molecular complexity index is 394. The summed E-state index contributed by atoms with van der Waals surface area (Å²) in [6.45, 7) is 0.756. The van der Waals surface area contributed by atoms with Gasteiger partial charge < -0.3 is 14.6 Å². The lowest BCUT2D eigenvalue weighted by Gasteiger charge is -2.31. The summed E-state index contributed by atoms with van der Waals surface area (Å²) in [6.07, 6.45) is 1.82. The Kier molecular flexibility index (Phi) is 2.93. The van der Waals surface area contributed by atoms with E-state index in [2.05, 4.69) is 0 Å². The molecule has 0 aliphatic carbocycles. The van der Waals surface area contributed by atoms with Crippen LogP contribution >= 0.6 is 0 Å². The highest BCUT2D eigenvalue weighted by Gasteiger charge is 2.16. The van der Waals surface area contributed by atoms with Gasteiger partial charge in [0.2, 0.25) is 0 Å². The van der Waals surface area contributed by atoms with Gasteiger partial charge in [0.05, 0.1) is 5.88 Å². The maximum atomic E-state index is 10.7. The van der Waals surface area contributed by atoms with Crippen LogP contribution in [-0.2, 0) is 17.5 Å². The van der Waals surface area contributed by atoms with Crippen LogP contribution < -0.4 is 4.90 Å². The van der Waals surface area contributed by atoms with Gasteiger partial charge in [0.25, 0.3) is 0 Å². The van der Waals surface area contributed by atoms with Gasteiger partial charge in [0, 0.05) is 12.2 Å². The van der Waals surface area contributed by atoms with Crippen LogP contribution in [0.5, 0.6) is 5.75 Å². The van der Waals surface area contributed by atoms with Crippen LogP contribution in [0.25, 0.3) is 0 Å². The molecule has 0 saturated carbocycles. The molecule has 1 aromatic carbocycles. The fourth-order valence-electron chi connectivity index (χ4n) is 1.92.